The fourth-order valence-electron chi connectivity index (χ4n) is 2.44. The molecule has 1 aliphatic rings. The molecule has 2 N–H and O–H groups in total. The lowest BCUT2D eigenvalue weighted by Gasteiger charge is -2.25. The van der Waals surface area contributed by atoms with E-state index in [4.69, 9.17) is 9.47 Å². The standard InChI is InChI=1S/C16H23N3O4/c1-4-22-12-7-6-8-13(23-5-2)14(12)11-9-10-17-15(18-11)19-16(20)21-3/h6-8,11H,4-5,9-10H2,1-3H3,(H2,17,18,19,20). The van der Waals surface area contributed by atoms with Gasteiger partial charge in [0.15, 0.2) is 0 Å². The first-order valence-corrected chi connectivity index (χ1v) is 7.74. The summed E-state index contributed by atoms with van der Waals surface area (Å²) in [5.41, 5.74) is 0.905. The second-order valence-corrected chi connectivity index (χ2v) is 4.86. The Morgan fingerprint density at radius 2 is 1.96 bits per heavy atom. The molecule has 0 fully saturated rings. The second-order valence-electron chi connectivity index (χ2n) is 4.86. The van der Waals surface area contributed by atoms with Crippen molar-refractivity contribution in [2.75, 3.05) is 26.9 Å². The highest BCUT2D eigenvalue weighted by Crippen LogP contribution is 2.38. The second kappa shape index (κ2) is 8.26. The van der Waals surface area contributed by atoms with Gasteiger partial charge in [0.2, 0.25) is 5.96 Å². The van der Waals surface area contributed by atoms with E-state index in [0.717, 1.165) is 23.5 Å². The van der Waals surface area contributed by atoms with Crippen molar-refractivity contribution in [3.8, 4) is 11.5 Å². The van der Waals surface area contributed by atoms with E-state index in [9.17, 15) is 4.79 Å². The molecule has 2 rings (SSSR count). The minimum absolute atomic E-state index is 0.160. The number of nitrogens with one attached hydrogen (secondary N) is 2. The highest BCUT2D eigenvalue weighted by Gasteiger charge is 2.24. The Labute approximate surface area is 136 Å². The van der Waals surface area contributed by atoms with Crippen molar-refractivity contribution in [2.45, 2.75) is 26.3 Å². The molecule has 0 radical (unpaired) electrons. The van der Waals surface area contributed by atoms with Crippen molar-refractivity contribution in [3.05, 3.63) is 23.8 Å². The van der Waals surface area contributed by atoms with Crippen LogP contribution in [-0.2, 0) is 4.74 Å². The van der Waals surface area contributed by atoms with Gasteiger partial charge in [-0.05, 0) is 32.4 Å². The zero-order valence-corrected chi connectivity index (χ0v) is 13.7. The number of alkyl carbamates (subject to hydrolysis) is 1. The van der Waals surface area contributed by atoms with E-state index in [1.165, 1.54) is 7.11 Å². The summed E-state index contributed by atoms with van der Waals surface area (Å²) in [6, 6.07) is 5.56. The predicted molar refractivity (Wildman–Crippen MR) is 87.1 cm³/mol. The molecule has 7 heteroatoms. The zero-order valence-electron chi connectivity index (χ0n) is 13.7. The van der Waals surface area contributed by atoms with E-state index >= 15 is 0 Å². The summed E-state index contributed by atoms with van der Waals surface area (Å²) in [5, 5.41) is 5.61. The summed E-state index contributed by atoms with van der Waals surface area (Å²) >= 11 is 0. The van der Waals surface area contributed by atoms with Crippen LogP contribution in [0, 0.1) is 0 Å². The molecule has 0 spiro atoms. The number of hydrogen-bond donors (Lipinski definition) is 2. The van der Waals surface area contributed by atoms with Gasteiger partial charge in [-0.2, -0.15) is 0 Å². The summed E-state index contributed by atoms with van der Waals surface area (Å²) in [4.78, 5) is 15.9. The number of methoxy groups -OCH3 is 1. The number of benzene rings is 1. The van der Waals surface area contributed by atoms with Crippen LogP contribution in [0.25, 0.3) is 0 Å². The van der Waals surface area contributed by atoms with Crippen molar-refractivity contribution in [2.24, 2.45) is 4.99 Å². The highest BCUT2D eigenvalue weighted by atomic mass is 16.5. The number of carbonyl (C=O) groups excluding carboxylic acids is 1. The molecule has 7 nitrogen and oxygen atoms in total. The van der Waals surface area contributed by atoms with Crippen LogP contribution < -0.4 is 20.1 Å². The zero-order chi connectivity index (χ0) is 16.7. The smallest absolute Gasteiger partial charge is 0.413 e. The molecule has 1 aromatic carbocycles. The monoisotopic (exact) mass is 321 g/mol. The first-order chi connectivity index (χ1) is 11.2. The number of ether oxygens (including phenoxy) is 3. The third-order valence-corrected chi connectivity index (χ3v) is 3.36. The van der Waals surface area contributed by atoms with Crippen molar-refractivity contribution < 1.29 is 19.0 Å². The molecule has 1 amide bonds. The molecule has 1 heterocycles. The van der Waals surface area contributed by atoms with Crippen LogP contribution in [0.2, 0.25) is 0 Å². The average Bonchev–Trinajstić information content (AvgIpc) is 2.56. The summed E-state index contributed by atoms with van der Waals surface area (Å²) in [7, 11) is 1.31. The van der Waals surface area contributed by atoms with Gasteiger partial charge in [0, 0.05) is 6.54 Å². The Bertz CT molecular complexity index is 550. The number of carbonyl (C=O) groups is 1. The summed E-state index contributed by atoms with van der Waals surface area (Å²) in [6.07, 6.45) is 0.219. The van der Waals surface area contributed by atoms with Gasteiger partial charge in [0.1, 0.15) is 11.5 Å². The number of hydrogen-bond acceptors (Lipinski definition) is 6. The maximum absolute atomic E-state index is 11.4. The average molecular weight is 321 g/mol. The molecule has 0 aromatic heterocycles. The lowest BCUT2D eigenvalue weighted by Crippen LogP contribution is -2.44. The van der Waals surface area contributed by atoms with Gasteiger partial charge in [0.25, 0.3) is 0 Å². The Morgan fingerprint density at radius 3 is 2.52 bits per heavy atom. The molecule has 0 aliphatic carbocycles. The Morgan fingerprint density at radius 1 is 1.30 bits per heavy atom. The van der Waals surface area contributed by atoms with Crippen LogP contribution in [0.4, 0.5) is 4.79 Å². The molecular weight excluding hydrogens is 298 g/mol. The van der Waals surface area contributed by atoms with Crippen LogP contribution in [0.1, 0.15) is 31.9 Å². The first kappa shape index (κ1) is 16.9. The number of guanidine groups is 1. The van der Waals surface area contributed by atoms with E-state index in [-0.39, 0.29) is 6.04 Å². The van der Waals surface area contributed by atoms with Crippen molar-refractivity contribution in [3.63, 3.8) is 0 Å². The summed E-state index contributed by atoms with van der Waals surface area (Å²) in [6.45, 7) is 5.68. The van der Waals surface area contributed by atoms with E-state index in [0.29, 0.717) is 25.7 Å². The Kier molecular flexibility index (Phi) is 6.08. The van der Waals surface area contributed by atoms with Gasteiger partial charge in [-0.1, -0.05) is 6.07 Å². The molecular formula is C16H23N3O4. The van der Waals surface area contributed by atoms with E-state index in [2.05, 4.69) is 20.4 Å². The van der Waals surface area contributed by atoms with Crippen molar-refractivity contribution in [1.82, 2.24) is 10.6 Å². The SMILES string of the molecule is CCOc1cccc(OCC)c1C1CCNC(NC(=O)OC)=N1. The summed E-state index contributed by atoms with van der Waals surface area (Å²) < 4.78 is 16.1. The minimum atomic E-state index is -0.556. The molecule has 0 bridgehead atoms. The molecule has 23 heavy (non-hydrogen) atoms. The maximum atomic E-state index is 11.4. The molecule has 1 aromatic rings. The van der Waals surface area contributed by atoms with Gasteiger partial charge in [-0.25, -0.2) is 9.79 Å². The topological polar surface area (TPSA) is 81.2 Å². The first-order valence-electron chi connectivity index (χ1n) is 7.74. The Balaban J connectivity index is 2.34. The van der Waals surface area contributed by atoms with E-state index < -0.39 is 6.09 Å². The van der Waals surface area contributed by atoms with Gasteiger partial charge >= 0.3 is 6.09 Å². The number of aliphatic imine (C=N–C) groups is 1. The van der Waals surface area contributed by atoms with Gasteiger partial charge in [-0.3, -0.25) is 5.32 Å². The minimum Gasteiger partial charge on any atom is -0.493 e. The predicted octanol–water partition coefficient (Wildman–Crippen LogP) is 2.23. The third-order valence-electron chi connectivity index (χ3n) is 3.36. The molecule has 126 valence electrons. The van der Waals surface area contributed by atoms with Crippen LogP contribution in [-0.4, -0.2) is 38.9 Å². The third kappa shape index (κ3) is 4.28. The lowest BCUT2D eigenvalue weighted by molar-refractivity contribution is 0.176. The van der Waals surface area contributed by atoms with E-state index in [1.54, 1.807) is 0 Å². The molecule has 0 saturated carbocycles. The fraction of sp³-hybridized carbons (Fsp3) is 0.500. The molecule has 0 saturated heterocycles. The summed E-state index contributed by atoms with van der Waals surface area (Å²) in [5.74, 6) is 1.90. The molecule has 1 unspecified atom stereocenters. The van der Waals surface area contributed by atoms with E-state index in [1.807, 2.05) is 32.0 Å². The van der Waals surface area contributed by atoms with Crippen LogP contribution in [0.3, 0.4) is 0 Å². The molecule has 1 atom stereocenters. The number of amides is 1. The van der Waals surface area contributed by atoms with Crippen LogP contribution in [0.5, 0.6) is 11.5 Å². The fourth-order valence-corrected chi connectivity index (χ4v) is 2.44. The Hall–Kier alpha value is -2.44. The number of rotatable bonds is 5. The van der Waals surface area contributed by atoms with Gasteiger partial charge in [-0.15, -0.1) is 0 Å². The quantitative estimate of drug-likeness (QED) is 0.869. The van der Waals surface area contributed by atoms with Crippen LogP contribution >= 0.6 is 0 Å². The maximum Gasteiger partial charge on any atom is 0.413 e. The van der Waals surface area contributed by atoms with Crippen molar-refractivity contribution in [1.29, 1.82) is 0 Å². The van der Waals surface area contributed by atoms with Gasteiger partial charge < -0.3 is 19.5 Å². The normalized spacial score (nSPS) is 16.8. The highest BCUT2D eigenvalue weighted by molar-refractivity contribution is 5.94. The number of nitrogens with zero attached hydrogens (tertiary/aromatic N) is 1. The van der Waals surface area contributed by atoms with Crippen LogP contribution in [0.15, 0.2) is 23.2 Å². The van der Waals surface area contributed by atoms with Gasteiger partial charge in [0.05, 0.1) is 31.9 Å². The lowest BCUT2D eigenvalue weighted by atomic mass is 10.0. The molecule has 1 aliphatic heterocycles. The van der Waals surface area contributed by atoms with Crippen molar-refractivity contribution >= 4 is 12.1 Å². The largest absolute Gasteiger partial charge is 0.493 e.